The molecule has 0 unspecified atom stereocenters. The number of benzene rings is 2. The molecule has 0 radical (unpaired) electrons. The highest BCUT2D eigenvalue weighted by Gasteiger charge is 2.30. The van der Waals surface area contributed by atoms with Crippen LogP contribution in [0.4, 0.5) is 5.69 Å². The molecule has 0 saturated carbocycles. The van der Waals surface area contributed by atoms with E-state index >= 15 is 0 Å². The Balaban J connectivity index is 2.29. The van der Waals surface area contributed by atoms with Gasteiger partial charge in [-0.15, -0.1) is 0 Å². The summed E-state index contributed by atoms with van der Waals surface area (Å²) in [7, 11) is -3.74. The summed E-state index contributed by atoms with van der Waals surface area (Å²) in [5.41, 5.74) is 3.45. The van der Waals surface area contributed by atoms with Crippen molar-refractivity contribution < 1.29 is 13.2 Å². The van der Waals surface area contributed by atoms with E-state index in [2.05, 4.69) is 5.32 Å². The van der Waals surface area contributed by atoms with Crippen molar-refractivity contribution in [2.75, 3.05) is 10.6 Å². The zero-order valence-electron chi connectivity index (χ0n) is 16.5. The molecular formula is C20H24Cl2N2O3S. The molecule has 8 heteroatoms. The Morgan fingerprint density at radius 2 is 1.68 bits per heavy atom. The van der Waals surface area contributed by atoms with Crippen LogP contribution in [0.3, 0.4) is 0 Å². The van der Waals surface area contributed by atoms with E-state index in [9.17, 15) is 13.2 Å². The highest BCUT2D eigenvalue weighted by atomic mass is 35.5. The second-order valence-electron chi connectivity index (χ2n) is 6.92. The number of amides is 1. The third kappa shape index (κ3) is 5.19. The van der Waals surface area contributed by atoms with Crippen molar-refractivity contribution in [3.63, 3.8) is 0 Å². The number of carbonyl (C=O) groups excluding carboxylic acids is 1. The van der Waals surface area contributed by atoms with Crippen LogP contribution < -0.4 is 9.62 Å². The highest BCUT2D eigenvalue weighted by molar-refractivity contribution is 7.92. The van der Waals surface area contributed by atoms with Gasteiger partial charge in [0.1, 0.15) is 6.04 Å². The number of sulfonamides is 1. The van der Waals surface area contributed by atoms with Crippen LogP contribution >= 0.6 is 23.2 Å². The Morgan fingerprint density at radius 1 is 1.04 bits per heavy atom. The van der Waals surface area contributed by atoms with Crippen LogP contribution in [0.2, 0.25) is 10.0 Å². The average molecular weight is 443 g/mol. The largest absolute Gasteiger partial charge is 0.348 e. The van der Waals surface area contributed by atoms with Crippen LogP contribution in [-0.4, -0.2) is 26.6 Å². The summed E-state index contributed by atoms with van der Waals surface area (Å²) < 4.78 is 25.8. The lowest BCUT2D eigenvalue weighted by atomic mass is 10.00. The van der Waals surface area contributed by atoms with E-state index in [4.69, 9.17) is 23.2 Å². The van der Waals surface area contributed by atoms with E-state index in [1.54, 1.807) is 0 Å². The SMILES string of the molecule is Cc1ccc([C@H](C)NC(=O)[C@H](C)N(c2ccc(Cl)c(Cl)c2)S(C)(=O)=O)c(C)c1. The molecule has 2 atom stereocenters. The first kappa shape index (κ1) is 22.5. The molecule has 0 aliphatic heterocycles. The molecule has 0 bridgehead atoms. The standard InChI is InChI=1S/C20H24Cl2N2O3S/c1-12-6-8-17(13(2)10-12)14(3)23-20(25)15(4)24(28(5,26)27)16-7-9-18(21)19(22)11-16/h6-11,14-15H,1-5H3,(H,23,25)/t14-,15-/m0/s1. The van der Waals surface area contributed by atoms with Gasteiger partial charge in [0.25, 0.3) is 0 Å². The molecule has 28 heavy (non-hydrogen) atoms. The monoisotopic (exact) mass is 442 g/mol. The maximum absolute atomic E-state index is 12.8. The maximum atomic E-state index is 12.8. The first-order chi connectivity index (χ1) is 12.9. The quantitative estimate of drug-likeness (QED) is 0.707. The molecule has 0 aliphatic carbocycles. The minimum absolute atomic E-state index is 0.212. The minimum Gasteiger partial charge on any atom is -0.348 e. The van der Waals surface area contributed by atoms with Crippen molar-refractivity contribution in [3.05, 3.63) is 63.1 Å². The number of halogens is 2. The molecule has 0 saturated heterocycles. The smallest absolute Gasteiger partial charge is 0.244 e. The topological polar surface area (TPSA) is 66.5 Å². The third-order valence-electron chi connectivity index (χ3n) is 4.50. The number of nitrogens with zero attached hydrogens (tertiary/aromatic N) is 1. The molecule has 1 N–H and O–H groups in total. The first-order valence-electron chi connectivity index (χ1n) is 8.73. The summed E-state index contributed by atoms with van der Waals surface area (Å²) in [6.45, 7) is 7.39. The van der Waals surface area contributed by atoms with E-state index in [0.717, 1.165) is 27.3 Å². The molecule has 0 aliphatic rings. The van der Waals surface area contributed by atoms with E-state index in [1.165, 1.54) is 25.1 Å². The van der Waals surface area contributed by atoms with Crippen molar-refractivity contribution in [2.45, 2.75) is 39.8 Å². The van der Waals surface area contributed by atoms with E-state index in [1.807, 2.05) is 39.0 Å². The van der Waals surface area contributed by atoms with Gasteiger partial charge in [-0.2, -0.15) is 0 Å². The minimum atomic E-state index is -3.74. The van der Waals surface area contributed by atoms with Crippen molar-refractivity contribution in [3.8, 4) is 0 Å². The van der Waals surface area contributed by atoms with Crippen LogP contribution in [0.15, 0.2) is 36.4 Å². The predicted molar refractivity (Wildman–Crippen MR) is 116 cm³/mol. The molecule has 1 amide bonds. The van der Waals surface area contributed by atoms with E-state index in [0.29, 0.717) is 5.02 Å². The van der Waals surface area contributed by atoms with Gasteiger partial charge < -0.3 is 5.32 Å². The van der Waals surface area contributed by atoms with Gasteiger partial charge in [0.05, 0.1) is 28.0 Å². The molecule has 0 spiro atoms. The van der Waals surface area contributed by atoms with Crippen molar-refractivity contribution in [2.24, 2.45) is 0 Å². The van der Waals surface area contributed by atoms with Gasteiger partial charge in [-0.25, -0.2) is 8.42 Å². The maximum Gasteiger partial charge on any atom is 0.244 e. The van der Waals surface area contributed by atoms with E-state index in [-0.39, 0.29) is 16.8 Å². The van der Waals surface area contributed by atoms with Crippen LogP contribution in [-0.2, 0) is 14.8 Å². The zero-order valence-corrected chi connectivity index (χ0v) is 18.8. The van der Waals surface area contributed by atoms with Crippen molar-refractivity contribution in [1.29, 1.82) is 0 Å². The fourth-order valence-electron chi connectivity index (χ4n) is 3.15. The van der Waals surface area contributed by atoms with E-state index < -0.39 is 22.0 Å². The zero-order chi connectivity index (χ0) is 21.2. The lowest BCUT2D eigenvalue weighted by Gasteiger charge is -2.29. The Bertz CT molecular complexity index is 993. The number of rotatable bonds is 6. The summed E-state index contributed by atoms with van der Waals surface area (Å²) in [4.78, 5) is 12.8. The predicted octanol–water partition coefficient (Wildman–Crippen LogP) is 4.64. The summed E-state index contributed by atoms with van der Waals surface area (Å²) in [5.74, 6) is -0.413. The second-order valence-corrected chi connectivity index (χ2v) is 9.60. The third-order valence-corrected chi connectivity index (χ3v) is 6.48. The van der Waals surface area contributed by atoms with Crippen molar-refractivity contribution in [1.82, 2.24) is 5.32 Å². The van der Waals surface area contributed by atoms with Gasteiger partial charge in [-0.05, 0) is 57.0 Å². The molecule has 152 valence electrons. The number of aryl methyl sites for hydroxylation is 2. The average Bonchev–Trinajstić information content (AvgIpc) is 2.56. The fourth-order valence-corrected chi connectivity index (χ4v) is 4.61. The molecule has 5 nitrogen and oxygen atoms in total. The van der Waals surface area contributed by atoms with Gasteiger partial charge in [-0.3, -0.25) is 9.10 Å². The Hall–Kier alpha value is -1.76. The molecule has 2 aromatic carbocycles. The summed E-state index contributed by atoms with van der Waals surface area (Å²) in [6.07, 6.45) is 1.05. The van der Waals surface area contributed by atoms with Crippen molar-refractivity contribution >= 4 is 44.8 Å². The molecule has 0 fully saturated rings. The Labute approximate surface area is 176 Å². The van der Waals surface area contributed by atoms with Crippen LogP contribution in [0.25, 0.3) is 0 Å². The first-order valence-corrected chi connectivity index (χ1v) is 11.3. The number of hydrogen-bond acceptors (Lipinski definition) is 3. The van der Waals surface area contributed by atoms with Gasteiger partial charge in [0, 0.05) is 0 Å². The van der Waals surface area contributed by atoms with Crippen LogP contribution in [0.5, 0.6) is 0 Å². The number of carbonyl (C=O) groups is 1. The summed E-state index contributed by atoms with van der Waals surface area (Å²) >= 11 is 12.0. The second kappa shape index (κ2) is 8.72. The number of hydrogen-bond donors (Lipinski definition) is 1. The number of anilines is 1. The number of nitrogens with one attached hydrogen (secondary N) is 1. The van der Waals surface area contributed by atoms with Gasteiger partial charge in [-0.1, -0.05) is 47.0 Å². The van der Waals surface area contributed by atoms with Crippen LogP contribution in [0.1, 0.15) is 36.6 Å². The molecule has 0 heterocycles. The molecular weight excluding hydrogens is 419 g/mol. The van der Waals surface area contributed by atoms with Gasteiger partial charge in [0.15, 0.2) is 0 Å². The van der Waals surface area contributed by atoms with Crippen LogP contribution in [0, 0.1) is 13.8 Å². The molecule has 2 aromatic rings. The Morgan fingerprint density at radius 3 is 2.21 bits per heavy atom. The fraction of sp³-hybridized carbons (Fsp3) is 0.350. The Kier molecular flexibility index (Phi) is 7.02. The lowest BCUT2D eigenvalue weighted by Crippen LogP contribution is -2.48. The lowest BCUT2D eigenvalue weighted by molar-refractivity contribution is -0.122. The summed E-state index contributed by atoms with van der Waals surface area (Å²) in [6, 6.07) is 9.20. The highest BCUT2D eigenvalue weighted by Crippen LogP contribution is 2.30. The molecule has 2 rings (SSSR count). The summed E-state index contributed by atoms with van der Waals surface area (Å²) in [5, 5.41) is 3.42. The van der Waals surface area contributed by atoms with Gasteiger partial charge in [0.2, 0.25) is 15.9 Å². The van der Waals surface area contributed by atoms with Gasteiger partial charge >= 0.3 is 0 Å². The molecule has 0 aromatic heterocycles. The normalized spacial score (nSPS) is 13.7.